The molecule has 0 aromatic heterocycles. The van der Waals surface area contributed by atoms with Crippen LogP contribution in [-0.2, 0) is 28.7 Å². The highest BCUT2D eigenvalue weighted by Gasteiger charge is 2.51. The SMILES string of the molecule is CC(=O)ON1C(C)(C)CC(OC(=O)OC2CC(C)(C)N(OC(C)=O)C(C)(C)C2)CC1(C)C. The number of hydrogen-bond donors (Lipinski definition) is 0. The second-order valence-electron chi connectivity index (χ2n) is 11.6. The van der Waals surface area contributed by atoms with E-state index in [9.17, 15) is 14.4 Å². The number of rotatable bonds is 4. The highest BCUT2D eigenvalue weighted by molar-refractivity contribution is 5.66. The van der Waals surface area contributed by atoms with Gasteiger partial charge in [0.15, 0.2) is 0 Å². The predicted molar refractivity (Wildman–Crippen MR) is 117 cm³/mol. The Hall–Kier alpha value is -1.87. The van der Waals surface area contributed by atoms with E-state index in [4.69, 9.17) is 19.1 Å². The van der Waals surface area contributed by atoms with Crippen molar-refractivity contribution < 1.29 is 33.5 Å². The van der Waals surface area contributed by atoms with E-state index >= 15 is 0 Å². The van der Waals surface area contributed by atoms with E-state index in [1.807, 2.05) is 55.4 Å². The van der Waals surface area contributed by atoms with E-state index in [2.05, 4.69) is 0 Å². The summed E-state index contributed by atoms with van der Waals surface area (Å²) >= 11 is 0. The van der Waals surface area contributed by atoms with Crippen LogP contribution < -0.4 is 0 Å². The number of carbonyl (C=O) groups is 3. The fourth-order valence-electron chi connectivity index (χ4n) is 5.56. The van der Waals surface area contributed by atoms with Crippen LogP contribution in [0.2, 0.25) is 0 Å². The van der Waals surface area contributed by atoms with Crippen molar-refractivity contribution >= 4 is 18.1 Å². The molecule has 0 bridgehead atoms. The lowest BCUT2D eigenvalue weighted by atomic mass is 9.80. The van der Waals surface area contributed by atoms with Crippen LogP contribution in [0.1, 0.15) is 94.9 Å². The molecule has 0 spiro atoms. The van der Waals surface area contributed by atoms with Gasteiger partial charge in [-0.2, -0.15) is 0 Å². The molecule has 9 heteroatoms. The van der Waals surface area contributed by atoms with Gasteiger partial charge in [-0.05, 0) is 55.4 Å². The second-order valence-corrected chi connectivity index (χ2v) is 11.6. The maximum absolute atomic E-state index is 12.7. The molecule has 0 amide bonds. The average Bonchev–Trinajstić information content (AvgIpc) is 2.52. The van der Waals surface area contributed by atoms with Crippen LogP contribution in [0.15, 0.2) is 0 Å². The van der Waals surface area contributed by atoms with E-state index in [0.717, 1.165) is 0 Å². The molecule has 2 rings (SSSR count). The fraction of sp³-hybridized carbons (Fsp3) is 0.870. The van der Waals surface area contributed by atoms with Crippen molar-refractivity contribution in [1.82, 2.24) is 10.1 Å². The summed E-state index contributed by atoms with van der Waals surface area (Å²) in [7, 11) is 0. The molecule has 0 saturated carbocycles. The van der Waals surface area contributed by atoms with Gasteiger partial charge in [-0.15, -0.1) is 10.1 Å². The van der Waals surface area contributed by atoms with Crippen LogP contribution in [0.5, 0.6) is 0 Å². The van der Waals surface area contributed by atoms with Crippen LogP contribution in [-0.4, -0.2) is 62.6 Å². The van der Waals surface area contributed by atoms with Gasteiger partial charge in [-0.1, -0.05) is 0 Å². The van der Waals surface area contributed by atoms with Crippen LogP contribution in [0.25, 0.3) is 0 Å². The molecule has 2 fully saturated rings. The van der Waals surface area contributed by atoms with Crippen LogP contribution >= 0.6 is 0 Å². The minimum absolute atomic E-state index is 0.374. The lowest BCUT2D eigenvalue weighted by molar-refractivity contribution is -0.279. The number of hydrogen-bond acceptors (Lipinski definition) is 9. The Morgan fingerprint density at radius 3 is 1.06 bits per heavy atom. The largest absolute Gasteiger partial charge is 0.508 e. The van der Waals surface area contributed by atoms with Gasteiger partial charge < -0.3 is 19.1 Å². The third-order valence-corrected chi connectivity index (χ3v) is 6.07. The predicted octanol–water partition coefficient (Wildman–Crippen LogP) is 4.14. The van der Waals surface area contributed by atoms with Crippen LogP contribution in [0.4, 0.5) is 4.79 Å². The third kappa shape index (κ3) is 6.13. The van der Waals surface area contributed by atoms with Gasteiger partial charge in [0.1, 0.15) is 12.2 Å². The molecule has 0 radical (unpaired) electrons. The summed E-state index contributed by atoms with van der Waals surface area (Å²) < 4.78 is 11.4. The van der Waals surface area contributed by atoms with Gasteiger partial charge in [0.25, 0.3) is 0 Å². The topological polar surface area (TPSA) is 94.6 Å². The molecule has 0 unspecified atom stereocenters. The Morgan fingerprint density at radius 1 is 0.594 bits per heavy atom. The summed E-state index contributed by atoms with van der Waals surface area (Å²) in [6.45, 7) is 18.4. The second kappa shape index (κ2) is 8.82. The normalized spacial score (nSPS) is 25.6. The van der Waals surface area contributed by atoms with E-state index in [1.54, 1.807) is 10.1 Å². The molecule has 0 aliphatic carbocycles. The van der Waals surface area contributed by atoms with Crippen molar-refractivity contribution in [2.24, 2.45) is 0 Å². The lowest BCUT2D eigenvalue weighted by Crippen LogP contribution is -2.63. The molecule has 9 nitrogen and oxygen atoms in total. The Labute approximate surface area is 191 Å². The van der Waals surface area contributed by atoms with Gasteiger partial charge in [-0.3, -0.25) is 9.59 Å². The molecule has 2 saturated heterocycles. The summed E-state index contributed by atoms with van der Waals surface area (Å²) in [5.74, 6) is -0.759. The standard InChI is InChI=1S/C23H40N2O7/c1-15(26)31-24-20(3,4)11-17(12-21(24,5)6)29-19(28)30-18-13-22(7,8)25(32-16(2)27)23(9,10)14-18/h17-18H,11-14H2,1-10H3. The number of ether oxygens (including phenoxy) is 2. The smallest absolute Gasteiger partial charge is 0.431 e. The van der Waals surface area contributed by atoms with Crippen molar-refractivity contribution in [3.63, 3.8) is 0 Å². The Bertz CT molecular complexity index is 649. The Balaban J connectivity index is 2.04. The summed E-state index contributed by atoms with van der Waals surface area (Å²) in [5.41, 5.74) is -2.06. The summed E-state index contributed by atoms with van der Waals surface area (Å²) in [6.07, 6.45) is 0.547. The molecule has 32 heavy (non-hydrogen) atoms. The molecule has 0 aromatic rings. The zero-order valence-electron chi connectivity index (χ0n) is 21.2. The van der Waals surface area contributed by atoms with Gasteiger partial charge in [0.2, 0.25) is 0 Å². The van der Waals surface area contributed by atoms with Crippen molar-refractivity contribution in [2.75, 3.05) is 0 Å². The molecule has 2 heterocycles. The Kier molecular flexibility index (Phi) is 7.27. The molecular formula is C23H40N2O7. The number of hydroxylamine groups is 4. The number of piperidine rings is 2. The van der Waals surface area contributed by atoms with Gasteiger partial charge in [-0.25, -0.2) is 4.79 Å². The molecule has 2 aliphatic rings. The minimum Gasteiger partial charge on any atom is -0.431 e. The first-order chi connectivity index (χ1) is 14.4. The highest BCUT2D eigenvalue weighted by Crippen LogP contribution is 2.42. The van der Waals surface area contributed by atoms with E-state index in [0.29, 0.717) is 25.7 Å². The zero-order chi connectivity index (χ0) is 24.7. The first-order valence-electron chi connectivity index (χ1n) is 11.2. The minimum atomic E-state index is -0.708. The van der Waals surface area contributed by atoms with Crippen molar-refractivity contribution in [1.29, 1.82) is 0 Å². The fourth-order valence-corrected chi connectivity index (χ4v) is 5.56. The molecule has 0 atom stereocenters. The molecular weight excluding hydrogens is 416 g/mol. The van der Waals surface area contributed by atoms with Crippen molar-refractivity contribution in [3.05, 3.63) is 0 Å². The average molecular weight is 457 g/mol. The van der Waals surface area contributed by atoms with Crippen molar-refractivity contribution in [3.8, 4) is 0 Å². The van der Waals surface area contributed by atoms with E-state index in [1.165, 1.54) is 13.8 Å². The molecule has 0 N–H and O–H groups in total. The number of nitrogens with zero attached hydrogens (tertiary/aromatic N) is 2. The Morgan fingerprint density at radius 2 is 0.844 bits per heavy atom. The van der Waals surface area contributed by atoms with Gasteiger partial charge >= 0.3 is 18.1 Å². The highest BCUT2D eigenvalue weighted by atomic mass is 16.7. The maximum atomic E-state index is 12.7. The third-order valence-electron chi connectivity index (χ3n) is 6.07. The maximum Gasteiger partial charge on any atom is 0.508 e. The molecule has 0 aromatic carbocycles. The quantitative estimate of drug-likeness (QED) is 0.578. The molecule has 2 aliphatic heterocycles. The van der Waals surface area contributed by atoms with E-state index < -0.39 is 28.3 Å². The monoisotopic (exact) mass is 456 g/mol. The summed E-state index contributed by atoms with van der Waals surface area (Å²) in [5, 5.41) is 3.40. The van der Waals surface area contributed by atoms with Crippen molar-refractivity contribution in [2.45, 2.75) is 129 Å². The first-order valence-corrected chi connectivity index (χ1v) is 11.2. The van der Waals surface area contributed by atoms with Crippen LogP contribution in [0, 0.1) is 0 Å². The van der Waals surface area contributed by atoms with Gasteiger partial charge in [0, 0.05) is 39.5 Å². The van der Waals surface area contributed by atoms with Gasteiger partial charge in [0.05, 0.1) is 22.2 Å². The molecule has 184 valence electrons. The summed E-state index contributed by atoms with van der Waals surface area (Å²) in [4.78, 5) is 46.7. The lowest BCUT2D eigenvalue weighted by Gasteiger charge is -2.52. The number of carbonyl (C=O) groups excluding carboxylic acids is 3. The summed E-state index contributed by atoms with van der Waals surface area (Å²) in [6, 6.07) is 0. The zero-order valence-corrected chi connectivity index (χ0v) is 21.2. The van der Waals surface area contributed by atoms with E-state index in [-0.39, 0.29) is 24.1 Å². The first kappa shape index (κ1) is 26.4. The van der Waals surface area contributed by atoms with Crippen LogP contribution in [0.3, 0.4) is 0 Å².